The van der Waals surface area contributed by atoms with Crippen LogP contribution in [-0.2, 0) is 196 Å². The first-order valence-electron chi connectivity index (χ1n) is 4.05. The summed E-state index contributed by atoms with van der Waals surface area (Å²) in [6.07, 6.45) is 13.5. The maximum atomic E-state index is 2.47. The second-order valence-electron chi connectivity index (χ2n) is 3.56. The van der Waals surface area contributed by atoms with Gasteiger partial charge in [-0.25, -0.2) is 0 Å². The average Bonchev–Trinajstić information content (AvgIpc) is 2.45. The first kappa shape index (κ1) is 43.8. The van der Waals surface area contributed by atoms with Gasteiger partial charge in [-0.2, -0.15) is 25.7 Å². The molecule has 2 rings (SSSR count). The van der Waals surface area contributed by atoms with E-state index in [1.807, 2.05) is 0 Å². The van der Waals surface area contributed by atoms with Crippen molar-refractivity contribution in [3.05, 3.63) is 20.3 Å². The zero-order valence-electron chi connectivity index (χ0n) is 10.9. The number of hydrogen-bond acceptors (Lipinski definition) is 0. The molecule has 0 aromatic carbocycles. The maximum absolute atomic E-state index is 2.47. The summed E-state index contributed by atoms with van der Waals surface area (Å²) in [6, 6.07) is 0. The first-order valence-corrected chi connectivity index (χ1v) is 4.05. The fourth-order valence-corrected chi connectivity index (χ4v) is 2.25. The van der Waals surface area contributed by atoms with Gasteiger partial charge in [0.25, 0.3) is 0 Å². The molecule has 0 unspecified atom stereocenters. The van der Waals surface area contributed by atoms with E-state index in [1.54, 1.807) is 0 Å². The first-order chi connectivity index (χ1) is 4.41. The Bertz CT molecular complexity index is 95.9. The molecule has 81 valence electrons. The van der Waals surface area contributed by atoms with E-state index in [1.165, 1.54) is 38.5 Å². The van der Waals surface area contributed by atoms with E-state index in [2.05, 4.69) is 12.8 Å². The van der Waals surface area contributed by atoms with Crippen LogP contribution in [0.5, 0.6) is 0 Å². The molecule has 0 saturated heterocycles. The molecule has 2 fully saturated rings. The van der Waals surface area contributed by atoms with E-state index in [-0.39, 0.29) is 212 Å². The van der Waals surface area contributed by atoms with Crippen molar-refractivity contribution in [2.24, 2.45) is 5.41 Å². The van der Waals surface area contributed by atoms with E-state index in [4.69, 9.17) is 0 Å². The molecule has 0 aromatic rings. The molecule has 9 radical (unpaired) electrons. The third-order valence-corrected chi connectivity index (χ3v) is 2.91. The molecular formula is C10H17BY6-3. The van der Waals surface area contributed by atoms with Gasteiger partial charge >= 0.3 is 0 Å². The van der Waals surface area contributed by atoms with Crippen molar-refractivity contribution >= 4 is 8.41 Å². The predicted octanol–water partition coefficient (Wildman–Crippen LogP) is 2.80. The molecule has 0 nitrogen and oxygen atoms in total. The summed E-state index contributed by atoms with van der Waals surface area (Å²) < 4.78 is 0. The van der Waals surface area contributed by atoms with Crippen molar-refractivity contribution in [2.75, 3.05) is 0 Å². The van der Waals surface area contributed by atoms with Crippen molar-refractivity contribution in [3.8, 4) is 0 Å². The van der Waals surface area contributed by atoms with Crippen molar-refractivity contribution in [3.63, 3.8) is 0 Å². The van der Waals surface area contributed by atoms with E-state index in [0.717, 1.165) is 5.41 Å². The van der Waals surface area contributed by atoms with E-state index in [9.17, 15) is 0 Å². The molecular weight excluding hydrogens is 664 g/mol. The van der Waals surface area contributed by atoms with Gasteiger partial charge in [-0.15, -0.1) is 0 Å². The van der Waals surface area contributed by atoms with Crippen molar-refractivity contribution in [1.29, 1.82) is 0 Å². The zero-order chi connectivity index (χ0) is 6.16. The largest absolute Gasteiger partial charge is 0.358 e. The van der Waals surface area contributed by atoms with Crippen LogP contribution in [0.25, 0.3) is 0 Å². The van der Waals surface area contributed by atoms with E-state index in [0.29, 0.717) is 0 Å². The van der Waals surface area contributed by atoms with Crippen LogP contribution < -0.4 is 0 Å². The minimum absolute atomic E-state index is 0. The molecule has 2 aliphatic carbocycles. The van der Waals surface area contributed by atoms with Crippen LogP contribution in [0.1, 0.15) is 38.5 Å². The molecule has 0 aliphatic heterocycles. The minimum atomic E-state index is 0. The predicted molar refractivity (Wildman–Crippen MR) is 50.9 cm³/mol. The van der Waals surface area contributed by atoms with Crippen LogP contribution in [0.3, 0.4) is 0 Å². The van der Waals surface area contributed by atoms with Crippen molar-refractivity contribution in [1.82, 2.24) is 0 Å². The summed E-state index contributed by atoms with van der Waals surface area (Å²) in [4.78, 5) is 0. The molecule has 0 atom stereocenters. The third-order valence-electron chi connectivity index (χ3n) is 2.91. The summed E-state index contributed by atoms with van der Waals surface area (Å²) in [5, 5.41) is 0. The Labute approximate surface area is 262 Å². The fraction of sp³-hybridized carbons (Fsp3) is 0.700. The zero-order valence-corrected chi connectivity index (χ0v) is 28.0. The van der Waals surface area contributed by atoms with Crippen LogP contribution in [0.15, 0.2) is 0 Å². The second kappa shape index (κ2) is 24.9. The molecule has 2 aliphatic rings. The van der Waals surface area contributed by atoms with E-state index >= 15 is 0 Å². The van der Waals surface area contributed by atoms with Crippen LogP contribution in [0, 0.1) is 25.7 Å². The van der Waals surface area contributed by atoms with Gasteiger partial charge in [-0.3, -0.25) is 0 Å². The quantitative estimate of drug-likeness (QED) is 0.273. The van der Waals surface area contributed by atoms with Gasteiger partial charge < -0.3 is 20.3 Å². The van der Waals surface area contributed by atoms with Gasteiger partial charge in [-0.1, -0.05) is 18.3 Å². The Balaban J connectivity index is -0.0000000250. The van der Waals surface area contributed by atoms with Crippen LogP contribution >= 0.6 is 0 Å². The van der Waals surface area contributed by atoms with Gasteiger partial charge in [0.05, 0.1) is 0 Å². The molecule has 7 heteroatoms. The average molecular weight is 681 g/mol. The van der Waals surface area contributed by atoms with Gasteiger partial charge in [0.1, 0.15) is 0 Å². The summed E-state index contributed by atoms with van der Waals surface area (Å²) in [5.41, 5.74) is 0.778. The molecule has 17 heavy (non-hydrogen) atoms. The molecule has 0 amide bonds. The van der Waals surface area contributed by atoms with Gasteiger partial charge in [-0.05, 0) is 0 Å². The van der Waals surface area contributed by atoms with Crippen molar-refractivity contribution in [2.45, 2.75) is 38.5 Å². The van der Waals surface area contributed by atoms with Crippen molar-refractivity contribution < 1.29 is 196 Å². The Hall–Kier alpha value is 6.69. The topological polar surface area (TPSA) is 0 Å². The second-order valence-corrected chi connectivity index (χ2v) is 3.56. The SMILES string of the molecule is [B].[CH-]1CCC2(C1)C[CH-]CC2.[CH3-].[Y].[Y].[Y].[Y].[Y].[Y]. The molecule has 0 aromatic heterocycles. The molecule has 0 heterocycles. The summed E-state index contributed by atoms with van der Waals surface area (Å²) in [7, 11) is 0. The van der Waals surface area contributed by atoms with Gasteiger partial charge in [0.15, 0.2) is 0 Å². The Morgan fingerprint density at radius 2 is 0.941 bits per heavy atom. The Morgan fingerprint density at radius 3 is 1.12 bits per heavy atom. The normalized spacial score (nSPS) is 16.9. The summed E-state index contributed by atoms with van der Waals surface area (Å²) in [5.74, 6) is 0. The third kappa shape index (κ3) is 15.9. The molecule has 2 saturated carbocycles. The van der Waals surface area contributed by atoms with Gasteiger partial charge in [0, 0.05) is 205 Å². The van der Waals surface area contributed by atoms with Crippen LogP contribution in [-0.4, -0.2) is 8.41 Å². The maximum Gasteiger partial charge on any atom is 0 e. The number of hydrogen-bond donors (Lipinski definition) is 0. The van der Waals surface area contributed by atoms with Gasteiger partial charge in [0.2, 0.25) is 0 Å². The Morgan fingerprint density at radius 1 is 0.647 bits per heavy atom. The standard InChI is InChI=1S/C9H14.CH3.B.6Y/c1-2-6-9(5-1)7-3-4-8-9;;;;;;;;/h1,3H,2,4-8H2;1H3;;;;;;;/q-2;-1;;;;;;;. The number of rotatable bonds is 0. The summed E-state index contributed by atoms with van der Waals surface area (Å²) >= 11 is 0. The van der Waals surface area contributed by atoms with E-state index < -0.39 is 0 Å². The smallest absolute Gasteiger partial charge is 0 e. The fourth-order valence-electron chi connectivity index (χ4n) is 2.25. The summed E-state index contributed by atoms with van der Waals surface area (Å²) in [6.45, 7) is 0. The molecule has 0 N–H and O–H groups in total. The minimum Gasteiger partial charge on any atom is -0.358 e. The molecule has 0 bridgehead atoms. The van der Waals surface area contributed by atoms with Crippen LogP contribution in [0.4, 0.5) is 0 Å². The Kier molecular flexibility index (Phi) is 64.2. The molecule has 1 spiro atoms. The van der Waals surface area contributed by atoms with Crippen LogP contribution in [0.2, 0.25) is 0 Å². The monoisotopic (exact) mass is 682 g/mol.